The van der Waals surface area contributed by atoms with Gasteiger partial charge in [-0.1, -0.05) is 84.0 Å². The van der Waals surface area contributed by atoms with Gasteiger partial charge < -0.3 is 14.6 Å². The van der Waals surface area contributed by atoms with E-state index in [0.29, 0.717) is 5.75 Å². The molecule has 0 bridgehead atoms. The van der Waals surface area contributed by atoms with Gasteiger partial charge in [0.2, 0.25) is 0 Å². The molecule has 2 unspecified atom stereocenters. The molecule has 0 radical (unpaired) electrons. The van der Waals surface area contributed by atoms with E-state index in [0.717, 1.165) is 12.8 Å². The Balaban J connectivity index is 0.000000572. The molecule has 0 aliphatic heterocycles. The summed E-state index contributed by atoms with van der Waals surface area (Å²) in [5.41, 5.74) is 1.94. The van der Waals surface area contributed by atoms with Crippen molar-refractivity contribution in [1.82, 2.24) is 0 Å². The van der Waals surface area contributed by atoms with E-state index < -0.39 is 5.60 Å². The second kappa shape index (κ2) is 15.6. The van der Waals surface area contributed by atoms with Crippen molar-refractivity contribution in [2.24, 2.45) is 11.3 Å². The number of carbonyl (C=O) groups excluding carboxylic acids is 2. The number of esters is 2. The molecular weight excluding hydrogens is 476 g/mol. The number of phenolic OH excluding ortho intramolecular Hbond substituents is 1. The van der Waals surface area contributed by atoms with E-state index in [9.17, 15) is 9.59 Å². The summed E-state index contributed by atoms with van der Waals surface area (Å²) in [4.78, 5) is 22.8. The molecule has 0 amide bonds. The Morgan fingerprint density at radius 1 is 0.816 bits per heavy atom. The predicted molar refractivity (Wildman–Crippen MR) is 157 cm³/mol. The summed E-state index contributed by atoms with van der Waals surface area (Å²) in [6.45, 7) is 22.0. The standard InChI is InChI=1S/C15H22O2.C11H16O.C7H14O2/c1-11(13-9-7-6-8-10-13)12(2)14(16)17-15(3,4)5;1-4-11(2,3)9-5-7-10(12)8-6-9;1-5-7(2,3)6(8)9-4/h6-12H,1-5H3;5-8,12H,4H2,1-3H3;5H2,1-4H3. The third-order valence-electron chi connectivity index (χ3n) is 7.01. The molecule has 5 heteroatoms. The molecule has 2 aromatic rings. The van der Waals surface area contributed by atoms with Gasteiger partial charge in [-0.25, -0.2) is 0 Å². The molecular formula is C33H52O5. The number of methoxy groups -OCH3 is 1. The number of ether oxygens (including phenoxy) is 2. The van der Waals surface area contributed by atoms with E-state index in [-0.39, 0.29) is 34.6 Å². The summed E-state index contributed by atoms with van der Waals surface area (Å²) in [5.74, 6) is 0.118. The lowest BCUT2D eigenvalue weighted by atomic mass is 9.82. The minimum atomic E-state index is -0.415. The SMILES string of the molecule is CC(C(=O)OC(C)(C)C)C(C)c1ccccc1.CCC(C)(C)C(=O)OC.CCC(C)(C)c1ccc(O)cc1. The highest BCUT2D eigenvalue weighted by Gasteiger charge is 2.27. The predicted octanol–water partition coefficient (Wildman–Crippen LogP) is 8.44. The van der Waals surface area contributed by atoms with Crippen molar-refractivity contribution in [3.63, 3.8) is 0 Å². The van der Waals surface area contributed by atoms with Crippen LogP contribution in [0.15, 0.2) is 54.6 Å². The average molecular weight is 529 g/mol. The van der Waals surface area contributed by atoms with Crippen LogP contribution in [0.1, 0.15) is 106 Å². The Hall–Kier alpha value is -2.82. The molecule has 2 atom stereocenters. The largest absolute Gasteiger partial charge is 0.508 e. The van der Waals surface area contributed by atoms with Crippen molar-refractivity contribution in [3.8, 4) is 5.75 Å². The maximum atomic E-state index is 12.0. The second-order valence-corrected chi connectivity index (χ2v) is 12.0. The summed E-state index contributed by atoms with van der Waals surface area (Å²) >= 11 is 0. The first-order valence-electron chi connectivity index (χ1n) is 13.6. The van der Waals surface area contributed by atoms with Gasteiger partial charge in [0.25, 0.3) is 0 Å². The van der Waals surface area contributed by atoms with Crippen molar-refractivity contribution in [1.29, 1.82) is 0 Å². The van der Waals surface area contributed by atoms with Crippen LogP contribution >= 0.6 is 0 Å². The van der Waals surface area contributed by atoms with Crippen molar-refractivity contribution in [2.45, 2.75) is 106 Å². The van der Waals surface area contributed by atoms with Crippen molar-refractivity contribution < 1.29 is 24.2 Å². The van der Waals surface area contributed by atoms with E-state index in [1.54, 1.807) is 12.1 Å². The van der Waals surface area contributed by atoms with Gasteiger partial charge in [-0.2, -0.15) is 0 Å². The number of aromatic hydroxyl groups is 1. The van der Waals surface area contributed by atoms with Crippen molar-refractivity contribution in [2.75, 3.05) is 7.11 Å². The smallest absolute Gasteiger partial charge is 0.311 e. The zero-order valence-electron chi connectivity index (χ0n) is 25.8. The maximum absolute atomic E-state index is 12.0. The number of hydrogen-bond donors (Lipinski definition) is 1. The van der Waals surface area contributed by atoms with Gasteiger partial charge in [-0.05, 0) is 82.1 Å². The van der Waals surface area contributed by atoms with Crippen LogP contribution in [0.3, 0.4) is 0 Å². The Kier molecular flexibility index (Phi) is 14.4. The summed E-state index contributed by atoms with van der Waals surface area (Å²) < 4.78 is 9.97. The fourth-order valence-electron chi connectivity index (χ4n) is 3.18. The number of benzene rings is 2. The third kappa shape index (κ3) is 12.6. The molecule has 0 aliphatic rings. The van der Waals surface area contributed by atoms with Crippen LogP contribution in [-0.4, -0.2) is 29.8 Å². The molecule has 0 aliphatic carbocycles. The minimum Gasteiger partial charge on any atom is -0.508 e. The molecule has 214 valence electrons. The summed E-state index contributed by atoms with van der Waals surface area (Å²) in [7, 11) is 1.42. The van der Waals surface area contributed by atoms with Gasteiger partial charge in [0.1, 0.15) is 11.4 Å². The molecule has 0 fully saturated rings. The van der Waals surface area contributed by atoms with Crippen LogP contribution in [-0.2, 0) is 24.5 Å². The lowest BCUT2D eigenvalue weighted by Gasteiger charge is -2.25. The normalized spacial score (nSPS) is 13.1. The highest BCUT2D eigenvalue weighted by Crippen LogP contribution is 2.28. The molecule has 38 heavy (non-hydrogen) atoms. The zero-order chi connectivity index (χ0) is 29.7. The number of carbonyl (C=O) groups is 2. The number of phenols is 1. The quantitative estimate of drug-likeness (QED) is 0.365. The first-order valence-corrected chi connectivity index (χ1v) is 13.6. The van der Waals surface area contributed by atoms with E-state index in [1.165, 1.54) is 18.2 Å². The van der Waals surface area contributed by atoms with Gasteiger partial charge in [0.15, 0.2) is 0 Å². The topological polar surface area (TPSA) is 72.8 Å². The highest BCUT2D eigenvalue weighted by molar-refractivity contribution is 5.75. The van der Waals surface area contributed by atoms with E-state index in [2.05, 4.69) is 32.4 Å². The molecule has 5 nitrogen and oxygen atoms in total. The van der Waals surface area contributed by atoms with Crippen LogP contribution in [0, 0.1) is 11.3 Å². The Bertz CT molecular complexity index is 953. The van der Waals surface area contributed by atoms with Gasteiger partial charge in [-0.3, -0.25) is 9.59 Å². The average Bonchev–Trinajstić information content (AvgIpc) is 2.87. The second-order valence-electron chi connectivity index (χ2n) is 12.0. The van der Waals surface area contributed by atoms with Crippen LogP contribution < -0.4 is 0 Å². The minimum absolute atomic E-state index is 0.128. The van der Waals surface area contributed by atoms with Gasteiger partial charge >= 0.3 is 11.9 Å². The molecule has 0 saturated heterocycles. The molecule has 0 aromatic heterocycles. The number of hydrogen-bond acceptors (Lipinski definition) is 5. The zero-order valence-corrected chi connectivity index (χ0v) is 25.8. The van der Waals surface area contributed by atoms with Gasteiger partial charge in [0, 0.05) is 0 Å². The van der Waals surface area contributed by atoms with E-state index in [1.807, 2.05) is 90.9 Å². The molecule has 0 saturated carbocycles. The molecule has 2 rings (SSSR count). The van der Waals surface area contributed by atoms with E-state index in [4.69, 9.17) is 9.84 Å². The first kappa shape index (κ1) is 35.2. The summed E-state index contributed by atoms with van der Waals surface area (Å²) in [6, 6.07) is 17.5. The molecule has 0 spiro atoms. The highest BCUT2D eigenvalue weighted by atomic mass is 16.6. The maximum Gasteiger partial charge on any atom is 0.311 e. The number of rotatable bonds is 7. The first-order chi connectivity index (χ1) is 17.4. The monoisotopic (exact) mass is 528 g/mol. The van der Waals surface area contributed by atoms with Crippen LogP contribution in [0.4, 0.5) is 0 Å². The van der Waals surface area contributed by atoms with Crippen LogP contribution in [0.2, 0.25) is 0 Å². The fourth-order valence-corrected chi connectivity index (χ4v) is 3.18. The lowest BCUT2D eigenvalue weighted by Crippen LogP contribution is -2.29. The Labute approximate surface area is 232 Å². The van der Waals surface area contributed by atoms with Crippen LogP contribution in [0.25, 0.3) is 0 Å². The summed E-state index contributed by atoms with van der Waals surface area (Å²) in [6.07, 6.45) is 1.93. The molecule has 1 N–H and O–H groups in total. The molecule has 0 heterocycles. The Morgan fingerprint density at radius 3 is 1.68 bits per heavy atom. The molecule has 2 aromatic carbocycles. The van der Waals surface area contributed by atoms with Gasteiger partial charge in [0.05, 0.1) is 18.4 Å². The van der Waals surface area contributed by atoms with E-state index >= 15 is 0 Å². The van der Waals surface area contributed by atoms with Crippen molar-refractivity contribution in [3.05, 3.63) is 65.7 Å². The lowest BCUT2D eigenvalue weighted by molar-refractivity contribution is -0.160. The Morgan fingerprint density at radius 2 is 1.32 bits per heavy atom. The van der Waals surface area contributed by atoms with Crippen molar-refractivity contribution >= 4 is 11.9 Å². The van der Waals surface area contributed by atoms with Crippen LogP contribution in [0.5, 0.6) is 5.75 Å². The third-order valence-corrected chi connectivity index (χ3v) is 7.01. The fraction of sp³-hybridized carbons (Fsp3) is 0.576. The van der Waals surface area contributed by atoms with Gasteiger partial charge in [-0.15, -0.1) is 0 Å². The summed E-state index contributed by atoms with van der Waals surface area (Å²) in [5, 5.41) is 9.10.